The zero-order chi connectivity index (χ0) is 36.9. The highest BCUT2D eigenvalue weighted by atomic mass is 19.4. The fourth-order valence-corrected chi connectivity index (χ4v) is 7.05. The molecule has 12 heteroatoms. The minimum atomic E-state index is -4.85. The van der Waals surface area contributed by atoms with Crippen molar-refractivity contribution >= 4 is 16.7 Å². The number of ether oxygens (including phenoxy) is 2. The monoisotopic (exact) mass is 700 g/mol. The summed E-state index contributed by atoms with van der Waals surface area (Å²) in [6.07, 6.45) is -5.87. The van der Waals surface area contributed by atoms with Crippen LogP contribution < -0.4 is 9.47 Å². The van der Waals surface area contributed by atoms with Crippen molar-refractivity contribution in [3.63, 3.8) is 0 Å². The van der Waals surface area contributed by atoms with E-state index >= 15 is 0 Å². The van der Waals surface area contributed by atoms with Crippen LogP contribution in [0.15, 0.2) is 114 Å². The Morgan fingerprint density at radius 3 is 1.46 bits per heavy atom. The number of allylic oxidation sites excluding steroid dienone is 8. The van der Waals surface area contributed by atoms with Crippen LogP contribution in [0.3, 0.4) is 0 Å². The van der Waals surface area contributed by atoms with E-state index in [1.165, 1.54) is 48.5 Å². The molecule has 52 heavy (non-hydrogen) atoms. The molecule has 2 atom stereocenters. The minimum Gasteiger partial charge on any atom is -0.406 e. The molecule has 0 saturated heterocycles. The first-order chi connectivity index (χ1) is 24.8. The van der Waals surface area contributed by atoms with E-state index < -0.39 is 18.6 Å². The third kappa shape index (κ3) is 5.93. The Labute approximate surface area is 291 Å². The molecule has 252 valence electrons. The van der Waals surface area contributed by atoms with Gasteiger partial charge in [0.25, 0.3) is 0 Å². The summed E-state index contributed by atoms with van der Waals surface area (Å²) >= 11 is 0. The predicted molar refractivity (Wildman–Crippen MR) is 176 cm³/mol. The standard InChI is InChI=1S/C40H18F6N4O2/c41-39(42,43)51-27-7-1-21(2-8-27)23-5-11-29-31-15-32-30-12-6-24(22-3-9-28(10-4-22)52-40(44,45)46)14-34(30)38(26(19-49)20-50)36(32)16-35(31)37(33(29)13-23)25(17-47)18-48/h1-16,31,35H. The van der Waals surface area contributed by atoms with Crippen LogP contribution in [0.5, 0.6) is 11.5 Å². The smallest absolute Gasteiger partial charge is 0.406 e. The molecule has 6 nitrogen and oxygen atoms in total. The lowest BCUT2D eigenvalue weighted by Crippen LogP contribution is -2.16. The fraction of sp³-hybridized carbons (Fsp3) is 0.100. The number of nitriles is 4. The third-order valence-corrected chi connectivity index (χ3v) is 9.06. The summed E-state index contributed by atoms with van der Waals surface area (Å²) in [4.78, 5) is 0. The quantitative estimate of drug-likeness (QED) is 0.155. The second-order valence-electron chi connectivity index (χ2n) is 11.9. The zero-order valence-corrected chi connectivity index (χ0v) is 26.3. The van der Waals surface area contributed by atoms with Crippen LogP contribution in [0.25, 0.3) is 39.0 Å². The van der Waals surface area contributed by atoms with Gasteiger partial charge in [0.05, 0.1) is 0 Å². The Hall–Kier alpha value is -7.02. The van der Waals surface area contributed by atoms with Gasteiger partial charge >= 0.3 is 12.7 Å². The minimum absolute atomic E-state index is 0.143. The van der Waals surface area contributed by atoms with Gasteiger partial charge in [0, 0.05) is 17.4 Å². The van der Waals surface area contributed by atoms with Crippen LogP contribution in [-0.4, -0.2) is 12.7 Å². The molecule has 0 aromatic heterocycles. The molecule has 2 unspecified atom stereocenters. The van der Waals surface area contributed by atoms with Crippen molar-refractivity contribution < 1.29 is 35.8 Å². The molecule has 0 heterocycles. The second-order valence-corrected chi connectivity index (χ2v) is 11.9. The van der Waals surface area contributed by atoms with Gasteiger partial charge in [-0.25, -0.2) is 0 Å². The maximum absolute atomic E-state index is 12.7. The van der Waals surface area contributed by atoms with E-state index in [0.717, 1.165) is 11.1 Å². The molecule has 3 aliphatic carbocycles. The summed E-state index contributed by atoms with van der Waals surface area (Å²) < 4.78 is 84.2. The van der Waals surface area contributed by atoms with Crippen LogP contribution in [-0.2, 0) is 0 Å². The van der Waals surface area contributed by atoms with Crippen LogP contribution in [0.2, 0.25) is 0 Å². The highest BCUT2D eigenvalue weighted by Crippen LogP contribution is 2.58. The van der Waals surface area contributed by atoms with E-state index in [4.69, 9.17) is 0 Å². The SMILES string of the molecule is N#CC(C#N)=C1C2=CC3C(=C(C#N)C#N)c4cc(-c5ccc(OC(F)(F)F)cc5)ccc4C3C=C2c2ccc(-c3ccc(OC(F)(F)F)cc3)cc21. The summed E-state index contributed by atoms with van der Waals surface area (Å²) in [6.45, 7) is 0. The molecule has 0 radical (unpaired) electrons. The first-order valence-corrected chi connectivity index (χ1v) is 15.4. The molecule has 0 aliphatic heterocycles. The zero-order valence-electron chi connectivity index (χ0n) is 26.3. The first-order valence-electron chi connectivity index (χ1n) is 15.4. The number of benzene rings is 4. The van der Waals surface area contributed by atoms with Crippen molar-refractivity contribution in [2.24, 2.45) is 5.92 Å². The van der Waals surface area contributed by atoms with Gasteiger partial charge in [0.1, 0.15) is 46.9 Å². The molecule has 0 saturated carbocycles. The first kappa shape index (κ1) is 33.5. The van der Waals surface area contributed by atoms with Crippen LogP contribution in [0.4, 0.5) is 26.3 Å². The van der Waals surface area contributed by atoms with Crippen LogP contribution in [0, 0.1) is 51.2 Å². The Bertz CT molecular complexity index is 2450. The number of hydrogen-bond acceptors (Lipinski definition) is 6. The fourth-order valence-electron chi connectivity index (χ4n) is 7.05. The van der Waals surface area contributed by atoms with E-state index in [-0.39, 0.29) is 28.6 Å². The van der Waals surface area contributed by atoms with Gasteiger partial charge in [-0.3, -0.25) is 0 Å². The normalized spacial score (nSPS) is 16.7. The molecule has 0 spiro atoms. The summed E-state index contributed by atoms with van der Waals surface area (Å²) in [5.74, 6) is -1.69. The largest absolute Gasteiger partial charge is 0.573 e. The summed E-state index contributed by atoms with van der Waals surface area (Å²) in [5, 5.41) is 40.1. The topological polar surface area (TPSA) is 114 Å². The molecule has 0 fully saturated rings. The lowest BCUT2D eigenvalue weighted by Gasteiger charge is -2.23. The molecule has 0 N–H and O–H groups in total. The predicted octanol–water partition coefficient (Wildman–Crippen LogP) is 10.2. The van der Waals surface area contributed by atoms with E-state index in [0.29, 0.717) is 55.7 Å². The Balaban J connectivity index is 1.34. The lowest BCUT2D eigenvalue weighted by atomic mass is 9.79. The van der Waals surface area contributed by atoms with Gasteiger partial charge in [-0.15, -0.1) is 26.3 Å². The van der Waals surface area contributed by atoms with Gasteiger partial charge < -0.3 is 9.47 Å². The summed E-state index contributed by atoms with van der Waals surface area (Å²) in [7, 11) is 0. The molecule has 7 rings (SSSR count). The lowest BCUT2D eigenvalue weighted by molar-refractivity contribution is -0.275. The van der Waals surface area contributed by atoms with Gasteiger partial charge in [0.15, 0.2) is 0 Å². The molecule has 0 bridgehead atoms. The number of halogens is 6. The second kappa shape index (κ2) is 12.4. The molecule has 4 aromatic rings. The van der Waals surface area contributed by atoms with E-state index in [1.807, 2.05) is 48.6 Å². The number of hydrogen-bond donors (Lipinski definition) is 0. The molecule has 3 aliphatic rings. The van der Waals surface area contributed by atoms with Crippen molar-refractivity contribution in [3.05, 3.63) is 136 Å². The number of rotatable bonds is 4. The number of fused-ring (bicyclic) bond motifs is 6. The average molecular weight is 701 g/mol. The third-order valence-electron chi connectivity index (χ3n) is 9.06. The Morgan fingerprint density at radius 1 is 0.500 bits per heavy atom. The van der Waals surface area contributed by atoms with E-state index in [2.05, 4.69) is 9.47 Å². The van der Waals surface area contributed by atoms with Crippen LogP contribution >= 0.6 is 0 Å². The maximum atomic E-state index is 12.7. The highest BCUT2D eigenvalue weighted by Gasteiger charge is 2.43. The molecular formula is C40H18F6N4O2. The molecule has 4 aromatic carbocycles. The van der Waals surface area contributed by atoms with Gasteiger partial charge in [-0.2, -0.15) is 21.0 Å². The van der Waals surface area contributed by atoms with E-state index in [1.54, 1.807) is 24.3 Å². The number of alkyl halides is 6. The van der Waals surface area contributed by atoms with Gasteiger partial charge in [-0.05, 0) is 97.6 Å². The van der Waals surface area contributed by atoms with E-state index in [9.17, 15) is 47.4 Å². The van der Waals surface area contributed by atoms with Crippen molar-refractivity contribution in [2.45, 2.75) is 18.6 Å². The van der Waals surface area contributed by atoms with Crippen LogP contribution in [0.1, 0.15) is 28.2 Å². The van der Waals surface area contributed by atoms with Gasteiger partial charge in [0.2, 0.25) is 0 Å². The summed E-state index contributed by atoms with van der Waals surface area (Å²) in [5.41, 5.74) is 6.77. The molecule has 0 amide bonds. The van der Waals surface area contributed by atoms with Crippen molar-refractivity contribution in [1.82, 2.24) is 0 Å². The Kier molecular flexibility index (Phi) is 7.98. The van der Waals surface area contributed by atoms with Gasteiger partial charge in [-0.1, -0.05) is 60.7 Å². The van der Waals surface area contributed by atoms with Crippen molar-refractivity contribution in [1.29, 1.82) is 21.0 Å². The average Bonchev–Trinajstić information content (AvgIpc) is 3.59. The van der Waals surface area contributed by atoms with Crippen molar-refractivity contribution in [2.75, 3.05) is 0 Å². The maximum Gasteiger partial charge on any atom is 0.573 e. The Morgan fingerprint density at radius 2 is 0.962 bits per heavy atom. The molecular weight excluding hydrogens is 682 g/mol. The number of nitrogens with zero attached hydrogens (tertiary/aromatic N) is 4. The summed E-state index contributed by atoms with van der Waals surface area (Å²) in [6, 6.07) is 29.3. The highest BCUT2D eigenvalue weighted by molar-refractivity contribution is 6.12. The van der Waals surface area contributed by atoms with Crippen molar-refractivity contribution in [3.8, 4) is 58.0 Å².